The Balaban J connectivity index is 1.78. The van der Waals surface area contributed by atoms with Gasteiger partial charge in [0, 0.05) is 11.4 Å². The smallest absolute Gasteiger partial charge is 0.408 e. The maximum atomic E-state index is 14.0. The molecule has 228 valence electrons. The van der Waals surface area contributed by atoms with Crippen LogP contribution in [0.1, 0.15) is 80.0 Å². The van der Waals surface area contributed by atoms with Crippen molar-refractivity contribution >= 4 is 40.9 Å². The molecule has 2 aliphatic rings. The van der Waals surface area contributed by atoms with Gasteiger partial charge in [0.05, 0.1) is 12.6 Å². The van der Waals surface area contributed by atoms with Gasteiger partial charge in [-0.05, 0) is 61.3 Å². The van der Waals surface area contributed by atoms with E-state index in [1.54, 1.807) is 20.8 Å². The molecule has 5 atom stereocenters. The second-order valence-electron chi connectivity index (χ2n) is 13.8. The standard InChI is InChI=1S/C30H46N4O6S/c1-10-12-19(22(35)25(37)31-15-17-13-11-14-41-17)32-24(36)21-20-18(30(20,8)9)16-34(21)26(38)23(28(2,3)4)33-27(39)40-29(5,6)7/h11,13-14,18-21,23H,10,12,15-16H2,1-9H3,(H,31,37)(H,32,36)(H,33,39)/t18-,19+,20?,21-,23+/m0/s1. The van der Waals surface area contributed by atoms with Crippen LogP contribution in [0.3, 0.4) is 0 Å². The fourth-order valence-electron chi connectivity index (χ4n) is 5.69. The number of amides is 4. The minimum absolute atomic E-state index is 0.0985. The molecule has 2 fully saturated rings. The molecule has 11 heteroatoms. The van der Waals surface area contributed by atoms with Gasteiger partial charge in [-0.3, -0.25) is 19.2 Å². The first-order valence-corrected chi connectivity index (χ1v) is 15.2. The van der Waals surface area contributed by atoms with E-state index in [0.29, 0.717) is 19.4 Å². The van der Waals surface area contributed by atoms with Crippen LogP contribution >= 0.6 is 11.3 Å². The molecule has 10 nitrogen and oxygen atoms in total. The quantitative estimate of drug-likeness (QED) is 0.356. The molecule has 4 amide bonds. The lowest BCUT2D eigenvalue weighted by molar-refractivity contribution is -0.145. The summed E-state index contributed by atoms with van der Waals surface area (Å²) in [5, 5.41) is 10.1. The van der Waals surface area contributed by atoms with Gasteiger partial charge in [0.1, 0.15) is 17.7 Å². The van der Waals surface area contributed by atoms with Gasteiger partial charge in [-0.15, -0.1) is 11.3 Å². The van der Waals surface area contributed by atoms with E-state index < -0.39 is 52.8 Å². The van der Waals surface area contributed by atoms with E-state index in [0.717, 1.165) is 4.88 Å². The molecule has 1 aliphatic carbocycles. The van der Waals surface area contributed by atoms with Gasteiger partial charge in [0.25, 0.3) is 5.91 Å². The maximum Gasteiger partial charge on any atom is 0.408 e. The Bertz CT molecular complexity index is 1150. The maximum absolute atomic E-state index is 14.0. The number of rotatable bonds is 10. The second-order valence-corrected chi connectivity index (χ2v) is 14.8. The lowest BCUT2D eigenvalue weighted by Gasteiger charge is -2.38. The summed E-state index contributed by atoms with van der Waals surface area (Å²) >= 11 is 1.47. The molecule has 1 saturated heterocycles. The molecule has 3 N–H and O–H groups in total. The number of likely N-dealkylation sites (tertiary alicyclic amines) is 1. The van der Waals surface area contributed by atoms with Crippen LogP contribution in [0.2, 0.25) is 0 Å². The van der Waals surface area contributed by atoms with Gasteiger partial charge in [0.15, 0.2) is 0 Å². The lowest BCUT2D eigenvalue weighted by atomic mass is 9.85. The first-order valence-electron chi connectivity index (χ1n) is 14.3. The van der Waals surface area contributed by atoms with E-state index in [1.807, 2.05) is 45.2 Å². The molecule has 41 heavy (non-hydrogen) atoms. The highest BCUT2D eigenvalue weighted by molar-refractivity contribution is 7.09. The summed E-state index contributed by atoms with van der Waals surface area (Å²) in [4.78, 5) is 68.7. The minimum atomic E-state index is -1.01. The zero-order chi connectivity index (χ0) is 30.9. The number of hydrogen-bond donors (Lipinski definition) is 3. The summed E-state index contributed by atoms with van der Waals surface area (Å²) < 4.78 is 5.41. The summed E-state index contributed by atoms with van der Waals surface area (Å²) in [7, 11) is 0. The van der Waals surface area contributed by atoms with Crippen molar-refractivity contribution < 1.29 is 28.7 Å². The number of alkyl carbamates (subject to hydrolysis) is 1. The van der Waals surface area contributed by atoms with Crippen molar-refractivity contribution in [3.8, 4) is 0 Å². The SMILES string of the molecule is CCC[C@@H](NC(=O)[C@@H]1C2[C@H](CN1C(=O)[C@@H](NC(=O)OC(C)(C)C)C(C)(C)C)C2(C)C)C(=O)C(=O)NCc1cccs1. The third-order valence-corrected chi connectivity index (χ3v) is 8.85. The third kappa shape index (κ3) is 7.67. The minimum Gasteiger partial charge on any atom is -0.444 e. The molecule has 3 rings (SSSR count). The third-order valence-electron chi connectivity index (χ3n) is 7.97. The molecule has 1 aliphatic heterocycles. The van der Waals surface area contributed by atoms with Gasteiger partial charge in [-0.1, -0.05) is 54.0 Å². The van der Waals surface area contributed by atoms with Crippen molar-refractivity contribution in [1.82, 2.24) is 20.9 Å². The number of carbonyl (C=O) groups excluding carboxylic acids is 5. The molecule has 1 saturated carbocycles. The average Bonchev–Trinajstić information content (AvgIpc) is 3.29. The predicted molar refractivity (Wildman–Crippen MR) is 157 cm³/mol. The molecule has 1 unspecified atom stereocenters. The van der Waals surface area contributed by atoms with Crippen LogP contribution in [0.4, 0.5) is 4.79 Å². The van der Waals surface area contributed by atoms with Gasteiger partial charge in [-0.2, -0.15) is 0 Å². The van der Waals surface area contributed by atoms with Gasteiger partial charge in [0.2, 0.25) is 17.6 Å². The molecule has 0 aromatic carbocycles. The summed E-state index contributed by atoms with van der Waals surface area (Å²) in [6, 6.07) is 0.955. The number of Topliss-reactive ketones (excluding diaryl/α,β-unsaturated/α-hetero) is 1. The Hall–Kier alpha value is -2.95. The van der Waals surface area contributed by atoms with Crippen LogP contribution in [-0.2, 0) is 30.5 Å². The molecular weight excluding hydrogens is 544 g/mol. The Kier molecular flexibility index (Phi) is 9.62. The molecule has 0 bridgehead atoms. The van der Waals surface area contributed by atoms with E-state index in [2.05, 4.69) is 29.8 Å². The highest BCUT2D eigenvalue weighted by Crippen LogP contribution is 2.65. The first kappa shape index (κ1) is 32.6. The fraction of sp³-hybridized carbons (Fsp3) is 0.700. The van der Waals surface area contributed by atoms with E-state index in [4.69, 9.17) is 4.74 Å². The number of ether oxygens (including phenoxy) is 1. The Labute approximate surface area is 247 Å². The monoisotopic (exact) mass is 590 g/mol. The average molecular weight is 591 g/mol. The number of piperidine rings is 1. The zero-order valence-electron chi connectivity index (χ0n) is 25.8. The molecule has 1 aromatic heterocycles. The summed E-state index contributed by atoms with van der Waals surface area (Å²) in [5.41, 5.74) is -1.57. The van der Waals surface area contributed by atoms with Gasteiger partial charge < -0.3 is 25.6 Å². The largest absolute Gasteiger partial charge is 0.444 e. The first-order chi connectivity index (χ1) is 18.9. The van der Waals surface area contributed by atoms with Crippen LogP contribution in [0.25, 0.3) is 0 Å². The molecule has 0 radical (unpaired) electrons. The summed E-state index contributed by atoms with van der Waals surface area (Å²) in [6.07, 6.45) is 0.157. The molecule has 1 aromatic rings. The Morgan fingerprint density at radius 1 is 1.10 bits per heavy atom. The van der Waals surface area contributed by atoms with Crippen molar-refractivity contribution in [2.24, 2.45) is 22.7 Å². The predicted octanol–water partition coefficient (Wildman–Crippen LogP) is 3.64. The Morgan fingerprint density at radius 3 is 2.29 bits per heavy atom. The highest BCUT2D eigenvalue weighted by Gasteiger charge is 2.70. The lowest BCUT2D eigenvalue weighted by Crippen LogP contribution is -2.60. The van der Waals surface area contributed by atoms with Crippen molar-refractivity contribution in [1.29, 1.82) is 0 Å². The number of nitrogens with zero attached hydrogens (tertiary/aromatic N) is 1. The number of nitrogens with one attached hydrogen (secondary N) is 3. The van der Waals surface area contributed by atoms with E-state index in [-0.39, 0.29) is 29.7 Å². The second kappa shape index (κ2) is 12.1. The molecule has 2 heterocycles. The van der Waals surface area contributed by atoms with Crippen LogP contribution in [-0.4, -0.2) is 64.8 Å². The zero-order valence-corrected chi connectivity index (χ0v) is 26.6. The van der Waals surface area contributed by atoms with Crippen molar-refractivity contribution in [2.45, 2.75) is 105 Å². The summed E-state index contributed by atoms with van der Waals surface area (Å²) in [6.45, 7) is 17.4. The number of thiophene rings is 1. The van der Waals surface area contributed by atoms with Gasteiger partial charge >= 0.3 is 6.09 Å². The number of hydrogen-bond acceptors (Lipinski definition) is 7. The van der Waals surface area contributed by atoms with Crippen LogP contribution < -0.4 is 16.0 Å². The van der Waals surface area contributed by atoms with E-state index in [1.165, 1.54) is 16.2 Å². The van der Waals surface area contributed by atoms with E-state index >= 15 is 0 Å². The number of carbonyl (C=O) groups is 5. The normalized spacial score (nSPS) is 22.7. The van der Waals surface area contributed by atoms with E-state index in [9.17, 15) is 24.0 Å². The van der Waals surface area contributed by atoms with Gasteiger partial charge in [-0.25, -0.2) is 4.79 Å². The van der Waals surface area contributed by atoms with Crippen molar-refractivity contribution in [3.63, 3.8) is 0 Å². The highest BCUT2D eigenvalue weighted by atomic mass is 32.1. The van der Waals surface area contributed by atoms with Crippen LogP contribution in [0.15, 0.2) is 17.5 Å². The van der Waals surface area contributed by atoms with Crippen LogP contribution in [0, 0.1) is 22.7 Å². The number of fused-ring (bicyclic) bond motifs is 1. The van der Waals surface area contributed by atoms with Crippen molar-refractivity contribution in [2.75, 3.05) is 6.54 Å². The summed E-state index contributed by atoms with van der Waals surface area (Å²) in [5.74, 6) is -2.29. The molecule has 0 spiro atoms. The topological polar surface area (TPSA) is 134 Å². The van der Waals surface area contributed by atoms with Crippen LogP contribution in [0.5, 0.6) is 0 Å². The number of ketones is 1. The molecular formula is C30H46N4O6S. The Morgan fingerprint density at radius 2 is 1.76 bits per heavy atom. The van der Waals surface area contributed by atoms with Crippen molar-refractivity contribution in [3.05, 3.63) is 22.4 Å². The fourth-order valence-corrected chi connectivity index (χ4v) is 6.34.